The Balaban J connectivity index is 2.43. The van der Waals surface area contributed by atoms with Gasteiger partial charge in [-0.15, -0.1) is 0 Å². The molecule has 0 spiro atoms. The van der Waals surface area contributed by atoms with Crippen LogP contribution in [0.1, 0.15) is 32.6 Å². The lowest BCUT2D eigenvalue weighted by molar-refractivity contribution is 0.501. The van der Waals surface area contributed by atoms with Gasteiger partial charge in [-0.3, -0.25) is 0 Å². The van der Waals surface area contributed by atoms with Crippen molar-refractivity contribution in [1.29, 1.82) is 0 Å². The minimum absolute atomic E-state index is 0.312. The van der Waals surface area contributed by atoms with E-state index in [1.807, 2.05) is 0 Å². The van der Waals surface area contributed by atoms with Crippen LogP contribution in [0.15, 0.2) is 23.9 Å². The Bertz CT molecular complexity index is 268. The van der Waals surface area contributed by atoms with Gasteiger partial charge >= 0.3 is 0 Å². The predicted octanol–water partition coefficient (Wildman–Crippen LogP) is 2.47. The lowest BCUT2D eigenvalue weighted by Crippen LogP contribution is -2.29. The maximum Gasteiger partial charge on any atom is 0.167 e. The fraction of sp³-hybridized carbons (Fsp3) is 0.545. The Hall–Kier alpha value is -0.830. The number of hydrogen-bond acceptors (Lipinski definition) is 1. The Morgan fingerprint density at radius 1 is 1.79 bits per heavy atom. The van der Waals surface area contributed by atoms with Crippen LogP contribution in [0.2, 0.25) is 0 Å². The van der Waals surface area contributed by atoms with E-state index in [0.29, 0.717) is 11.0 Å². The summed E-state index contributed by atoms with van der Waals surface area (Å²) in [6, 6.07) is 0. The van der Waals surface area contributed by atoms with Gasteiger partial charge in [0.05, 0.1) is 0 Å². The first kappa shape index (κ1) is 11.2. The zero-order valence-corrected chi connectivity index (χ0v) is 9.49. The number of rotatable bonds is 3. The summed E-state index contributed by atoms with van der Waals surface area (Å²) < 4.78 is 0. The number of nitrogens with one attached hydrogen (secondary N) is 1. The molecular weight excluding hydrogens is 192 g/mol. The van der Waals surface area contributed by atoms with Crippen LogP contribution in [0, 0.1) is 5.92 Å². The second-order valence-corrected chi connectivity index (χ2v) is 4.31. The van der Waals surface area contributed by atoms with Crippen molar-refractivity contribution >= 4 is 17.3 Å². The highest BCUT2D eigenvalue weighted by Gasteiger charge is 2.15. The fourth-order valence-corrected chi connectivity index (χ4v) is 2.02. The quantitative estimate of drug-likeness (QED) is 0.555. The van der Waals surface area contributed by atoms with E-state index in [9.17, 15) is 0 Å². The van der Waals surface area contributed by atoms with E-state index in [0.717, 1.165) is 12.1 Å². The van der Waals surface area contributed by atoms with Crippen molar-refractivity contribution in [2.75, 3.05) is 0 Å². The first-order valence-electron chi connectivity index (χ1n) is 5.00. The average molecular weight is 210 g/mol. The third-order valence-corrected chi connectivity index (χ3v) is 2.76. The van der Waals surface area contributed by atoms with Gasteiger partial charge in [-0.25, -0.2) is 0 Å². The van der Waals surface area contributed by atoms with Gasteiger partial charge in [0.25, 0.3) is 0 Å². The van der Waals surface area contributed by atoms with Gasteiger partial charge in [0.15, 0.2) is 5.11 Å². The fourth-order valence-electron chi connectivity index (χ4n) is 1.87. The van der Waals surface area contributed by atoms with Crippen LogP contribution in [0.25, 0.3) is 0 Å². The van der Waals surface area contributed by atoms with E-state index in [1.54, 1.807) is 0 Å². The smallest absolute Gasteiger partial charge is 0.167 e. The maximum absolute atomic E-state index is 5.38. The van der Waals surface area contributed by atoms with Crippen molar-refractivity contribution in [3.05, 3.63) is 23.9 Å². The zero-order chi connectivity index (χ0) is 10.6. The molecule has 1 atom stereocenters. The van der Waals surface area contributed by atoms with E-state index < -0.39 is 0 Å². The molecule has 0 saturated carbocycles. The molecule has 0 heterocycles. The zero-order valence-electron chi connectivity index (χ0n) is 8.68. The van der Waals surface area contributed by atoms with Crippen molar-refractivity contribution in [3.63, 3.8) is 0 Å². The van der Waals surface area contributed by atoms with Crippen LogP contribution in [0.4, 0.5) is 0 Å². The number of nitrogens with two attached hydrogens (primary N) is 1. The lowest BCUT2D eigenvalue weighted by atomic mass is 9.85. The summed E-state index contributed by atoms with van der Waals surface area (Å²) in [5.74, 6) is 0.623. The molecule has 0 radical (unpaired) electrons. The molecule has 1 unspecified atom stereocenters. The number of hydrogen-bond donors (Lipinski definition) is 2. The molecule has 0 saturated heterocycles. The molecule has 0 bridgehead atoms. The molecule has 0 amide bonds. The average Bonchev–Trinajstić information content (AvgIpc) is 2.07. The number of allylic oxidation sites excluding steroid dienone is 3. The van der Waals surface area contributed by atoms with Crippen LogP contribution in [0.5, 0.6) is 0 Å². The van der Waals surface area contributed by atoms with Crippen molar-refractivity contribution in [1.82, 2.24) is 5.32 Å². The van der Waals surface area contributed by atoms with Crippen LogP contribution < -0.4 is 11.1 Å². The first-order valence-corrected chi connectivity index (χ1v) is 5.41. The van der Waals surface area contributed by atoms with E-state index in [4.69, 9.17) is 18.0 Å². The first-order chi connectivity index (χ1) is 6.59. The highest BCUT2D eigenvalue weighted by Crippen LogP contribution is 2.28. The molecule has 78 valence electrons. The Kier molecular flexibility index (Phi) is 4.14. The second-order valence-electron chi connectivity index (χ2n) is 3.87. The molecule has 1 rings (SSSR count). The second kappa shape index (κ2) is 5.15. The third-order valence-electron chi connectivity index (χ3n) is 2.66. The molecule has 1 aliphatic rings. The van der Waals surface area contributed by atoms with Crippen LogP contribution >= 0.6 is 12.2 Å². The van der Waals surface area contributed by atoms with Gasteiger partial charge < -0.3 is 11.1 Å². The van der Waals surface area contributed by atoms with Gasteiger partial charge in [0, 0.05) is 5.70 Å². The summed E-state index contributed by atoms with van der Waals surface area (Å²) in [5, 5.41) is 3.21. The molecule has 2 nitrogen and oxygen atoms in total. The Morgan fingerprint density at radius 2 is 2.50 bits per heavy atom. The highest BCUT2D eigenvalue weighted by atomic mass is 32.1. The summed E-state index contributed by atoms with van der Waals surface area (Å²) in [4.78, 5) is 0. The van der Waals surface area contributed by atoms with Crippen LogP contribution in [-0.2, 0) is 0 Å². The van der Waals surface area contributed by atoms with E-state index >= 15 is 0 Å². The monoisotopic (exact) mass is 210 g/mol. The molecular formula is C11H18N2S. The summed E-state index contributed by atoms with van der Waals surface area (Å²) >= 11 is 4.76. The normalized spacial score (nSPS) is 21.2. The van der Waals surface area contributed by atoms with Crippen LogP contribution in [-0.4, -0.2) is 5.11 Å². The molecule has 3 heteroatoms. The number of thiocarbonyl (C=S) groups is 1. The Labute approximate surface area is 91.3 Å². The van der Waals surface area contributed by atoms with Gasteiger partial charge in [-0.2, -0.15) is 0 Å². The summed E-state index contributed by atoms with van der Waals surface area (Å²) in [6.07, 6.45) is 7.02. The van der Waals surface area contributed by atoms with Gasteiger partial charge in [-0.05, 0) is 50.7 Å². The SMILES string of the molecule is C=C(CC1CCCC=C1C)NC(N)=S. The van der Waals surface area contributed by atoms with Crippen LogP contribution in [0.3, 0.4) is 0 Å². The highest BCUT2D eigenvalue weighted by molar-refractivity contribution is 7.80. The van der Waals surface area contributed by atoms with Gasteiger partial charge in [0.2, 0.25) is 0 Å². The third kappa shape index (κ3) is 3.50. The molecule has 0 aromatic rings. The minimum atomic E-state index is 0.312. The van der Waals surface area contributed by atoms with Gasteiger partial charge in [0.1, 0.15) is 0 Å². The van der Waals surface area contributed by atoms with Crippen molar-refractivity contribution in [2.24, 2.45) is 11.7 Å². The topological polar surface area (TPSA) is 38.0 Å². The van der Waals surface area contributed by atoms with E-state index in [1.165, 1.54) is 24.8 Å². The molecule has 0 fully saturated rings. The summed E-state index contributed by atoms with van der Waals surface area (Å²) in [6.45, 7) is 6.11. The summed E-state index contributed by atoms with van der Waals surface area (Å²) in [7, 11) is 0. The lowest BCUT2D eigenvalue weighted by Gasteiger charge is -2.22. The molecule has 0 aromatic heterocycles. The molecule has 0 aliphatic heterocycles. The predicted molar refractivity (Wildman–Crippen MR) is 64.8 cm³/mol. The minimum Gasteiger partial charge on any atom is -0.376 e. The largest absolute Gasteiger partial charge is 0.376 e. The molecule has 14 heavy (non-hydrogen) atoms. The van der Waals surface area contributed by atoms with Crippen molar-refractivity contribution in [2.45, 2.75) is 32.6 Å². The maximum atomic E-state index is 5.38. The molecule has 3 N–H and O–H groups in total. The van der Waals surface area contributed by atoms with E-state index in [-0.39, 0.29) is 0 Å². The van der Waals surface area contributed by atoms with E-state index in [2.05, 4.69) is 24.9 Å². The van der Waals surface area contributed by atoms with Gasteiger partial charge in [-0.1, -0.05) is 18.2 Å². The molecule has 0 aromatic carbocycles. The van der Waals surface area contributed by atoms with Crippen molar-refractivity contribution in [3.8, 4) is 0 Å². The van der Waals surface area contributed by atoms with Crippen molar-refractivity contribution < 1.29 is 0 Å². The molecule has 1 aliphatic carbocycles. The summed E-state index contributed by atoms with van der Waals surface area (Å²) in [5.41, 5.74) is 7.78. The Morgan fingerprint density at radius 3 is 3.07 bits per heavy atom. The standard InChI is InChI=1S/C11H18N2S/c1-8-5-3-4-6-10(8)7-9(2)13-11(12)14/h5,10H,2-4,6-7H2,1H3,(H3,12,13,14).